The molecule has 0 spiro atoms. The van der Waals surface area contributed by atoms with Gasteiger partial charge in [0.2, 0.25) is 0 Å². The van der Waals surface area contributed by atoms with Crippen molar-refractivity contribution < 1.29 is 4.74 Å². The molecule has 0 aliphatic carbocycles. The first-order valence-corrected chi connectivity index (χ1v) is 15.1. The minimum atomic E-state index is -3.18. The molecule has 5 aromatic rings. The molecule has 32 heavy (non-hydrogen) atoms. The zero-order chi connectivity index (χ0) is 21.6. The molecule has 0 N–H and O–H groups in total. The molecule has 0 saturated carbocycles. The van der Waals surface area contributed by atoms with E-state index in [1.165, 1.54) is 17.6 Å². The van der Waals surface area contributed by atoms with Crippen LogP contribution in [-0.2, 0) is 0 Å². The van der Waals surface area contributed by atoms with E-state index in [0.29, 0.717) is 0 Å². The molecule has 0 aromatic heterocycles. The summed E-state index contributed by atoms with van der Waals surface area (Å²) in [6, 6.07) is 51.8. The molecule has 5 aromatic carbocycles. The Morgan fingerprint density at radius 3 is 1.03 bits per heavy atom. The summed E-state index contributed by atoms with van der Waals surface area (Å²) in [6.07, 6.45) is 0. The van der Waals surface area contributed by atoms with Gasteiger partial charge in [0.1, 0.15) is 0 Å². The summed E-state index contributed by atoms with van der Waals surface area (Å²) in [5, 5.41) is 0. The molecule has 5 rings (SSSR count). The summed E-state index contributed by atoms with van der Waals surface area (Å²) in [4.78, 5) is 0. The van der Waals surface area contributed by atoms with Gasteiger partial charge in [0, 0.05) is 0 Å². The monoisotopic (exact) mass is 474 g/mol. The summed E-state index contributed by atoms with van der Waals surface area (Å²) in [5.41, 5.74) is 0. The third-order valence-electron chi connectivity index (χ3n) is 5.89. The molecule has 0 saturated heterocycles. The van der Waals surface area contributed by atoms with Gasteiger partial charge >= 0.3 is 193 Å². The third-order valence-corrected chi connectivity index (χ3v) is 16.0. The maximum atomic E-state index is 6.08. The van der Waals surface area contributed by atoms with Crippen LogP contribution in [0.1, 0.15) is 0 Å². The van der Waals surface area contributed by atoms with Crippen LogP contribution in [-0.4, -0.2) is 13.3 Å². The van der Waals surface area contributed by atoms with Crippen molar-refractivity contribution in [3.63, 3.8) is 0 Å². The van der Waals surface area contributed by atoms with Crippen LogP contribution in [0.15, 0.2) is 146 Å². The van der Waals surface area contributed by atoms with Crippen molar-refractivity contribution in [2.45, 2.75) is 0 Å². The average Bonchev–Trinajstić information content (AvgIpc) is 2.88. The number of para-hydroxylation sites is 1. The fourth-order valence-corrected chi connectivity index (χ4v) is 14.4. The van der Waals surface area contributed by atoms with Crippen molar-refractivity contribution in [3.05, 3.63) is 146 Å². The zero-order valence-electron chi connectivity index (χ0n) is 17.8. The van der Waals surface area contributed by atoms with E-state index in [0.717, 1.165) is 11.5 Å². The fourth-order valence-electron chi connectivity index (χ4n) is 4.46. The number of rotatable bonds is 6. The standard InChI is InChI=1S/C30H24GeO/c1-5-13-25(14-6-1)31(26-15-7-2-8-16-26,27-17-9-3-10-18-27)28-21-23-30(24-22-28)32-29-19-11-4-12-20-29/h1-24H. The Kier molecular flexibility index (Phi) is 5.91. The van der Waals surface area contributed by atoms with Crippen LogP contribution in [0.5, 0.6) is 11.5 Å². The predicted molar refractivity (Wildman–Crippen MR) is 137 cm³/mol. The predicted octanol–water partition coefficient (Wildman–Crippen LogP) is 4.86. The molecule has 0 aliphatic rings. The van der Waals surface area contributed by atoms with Crippen LogP contribution in [0.3, 0.4) is 0 Å². The molecule has 1 nitrogen and oxygen atoms in total. The van der Waals surface area contributed by atoms with Crippen molar-refractivity contribution >= 4 is 30.8 Å². The van der Waals surface area contributed by atoms with Crippen LogP contribution < -0.4 is 22.3 Å². The van der Waals surface area contributed by atoms with Gasteiger partial charge in [-0.25, -0.2) is 0 Å². The van der Waals surface area contributed by atoms with Gasteiger partial charge in [-0.15, -0.1) is 0 Å². The van der Waals surface area contributed by atoms with Crippen molar-refractivity contribution in [1.82, 2.24) is 0 Å². The number of benzene rings is 5. The molecule has 0 fully saturated rings. The molecule has 154 valence electrons. The number of hydrogen-bond donors (Lipinski definition) is 0. The van der Waals surface area contributed by atoms with Crippen LogP contribution >= 0.6 is 0 Å². The minimum absolute atomic E-state index is 0.849. The number of hydrogen-bond acceptors (Lipinski definition) is 1. The van der Waals surface area contributed by atoms with Crippen molar-refractivity contribution in [2.24, 2.45) is 0 Å². The average molecular weight is 473 g/mol. The Morgan fingerprint density at radius 1 is 0.312 bits per heavy atom. The Morgan fingerprint density at radius 2 is 0.625 bits per heavy atom. The van der Waals surface area contributed by atoms with Crippen molar-refractivity contribution in [3.8, 4) is 11.5 Å². The normalized spacial score (nSPS) is 11.1. The Balaban J connectivity index is 1.70. The molecular formula is C30H24GeO. The maximum absolute atomic E-state index is 6.08. The van der Waals surface area contributed by atoms with Crippen LogP contribution in [0.4, 0.5) is 0 Å². The summed E-state index contributed by atoms with van der Waals surface area (Å²) in [5.74, 6) is 1.70. The van der Waals surface area contributed by atoms with E-state index in [1.807, 2.05) is 30.3 Å². The molecular weight excluding hydrogens is 449 g/mol. The van der Waals surface area contributed by atoms with E-state index in [1.54, 1.807) is 0 Å². The van der Waals surface area contributed by atoms with Gasteiger partial charge in [0.25, 0.3) is 0 Å². The van der Waals surface area contributed by atoms with E-state index in [2.05, 4.69) is 115 Å². The molecule has 2 heteroatoms. The number of ether oxygens (including phenoxy) is 1. The molecule has 0 radical (unpaired) electrons. The second-order valence-electron chi connectivity index (χ2n) is 7.79. The van der Waals surface area contributed by atoms with Gasteiger partial charge in [0.05, 0.1) is 0 Å². The first kappa shape index (κ1) is 20.4. The second-order valence-corrected chi connectivity index (χ2v) is 15.8. The van der Waals surface area contributed by atoms with Crippen LogP contribution in [0, 0.1) is 0 Å². The van der Waals surface area contributed by atoms with Crippen molar-refractivity contribution in [1.29, 1.82) is 0 Å². The summed E-state index contributed by atoms with van der Waals surface area (Å²) >= 11 is -3.18. The quantitative estimate of drug-likeness (QED) is 0.321. The summed E-state index contributed by atoms with van der Waals surface area (Å²) < 4.78 is 11.7. The summed E-state index contributed by atoms with van der Waals surface area (Å²) in [6.45, 7) is 0. The van der Waals surface area contributed by atoms with E-state index in [-0.39, 0.29) is 0 Å². The summed E-state index contributed by atoms with van der Waals surface area (Å²) in [7, 11) is 0. The van der Waals surface area contributed by atoms with Gasteiger partial charge < -0.3 is 0 Å². The van der Waals surface area contributed by atoms with Gasteiger partial charge in [0.15, 0.2) is 0 Å². The van der Waals surface area contributed by atoms with E-state index in [4.69, 9.17) is 4.74 Å². The molecule has 0 aliphatic heterocycles. The topological polar surface area (TPSA) is 9.23 Å². The zero-order valence-corrected chi connectivity index (χ0v) is 19.9. The molecule has 0 amide bonds. The van der Waals surface area contributed by atoms with E-state index < -0.39 is 13.3 Å². The van der Waals surface area contributed by atoms with Crippen molar-refractivity contribution in [2.75, 3.05) is 0 Å². The van der Waals surface area contributed by atoms with Crippen LogP contribution in [0.25, 0.3) is 0 Å². The van der Waals surface area contributed by atoms with Gasteiger partial charge in [-0.3, -0.25) is 0 Å². The molecule has 0 heterocycles. The Bertz CT molecular complexity index is 1160. The van der Waals surface area contributed by atoms with Gasteiger partial charge in [-0.05, 0) is 0 Å². The first-order chi connectivity index (χ1) is 15.9. The third kappa shape index (κ3) is 3.88. The molecule has 0 unspecified atom stereocenters. The van der Waals surface area contributed by atoms with Crippen LogP contribution in [0.2, 0.25) is 0 Å². The second kappa shape index (κ2) is 9.29. The fraction of sp³-hybridized carbons (Fsp3) is 0. The van der Waals surface area contributed by atoms with E-state index in [9.17, 15) is 0 Å². The first-order valence-electron chi connectivity index (χ1n) is 10.9. The molecule has 0 bridgehead atoms. The molecule has 0 atom stereocenters. The van der Waals surface area contributed by atoms with Gasteiger partial charge in [-0.2, -0.15) is 0 Å². The Hall–Kier alpha value is -3.56. The Labute approximate surface area is 192 Å². The SMILES string of the molecule is c1ccc(Oc2cc[c]([Ge]([c]3ccccc3)([c]3ccccc3)[c]3ccccc3)cc2)cc1. The van der Waals surface area contributed by atoms with Gasteiger partial charge in [-0.1, -0.05) is 0 Å². The van der Waals surface area contributed by atoms with E-state index >= 15 is 0 Å².